The van der Waals surface area contributed by atoms with Gasteiger partial charge in [0, 0.05) is 37.3 Å². The van der Waals surface area contributed by atoms with Crippen LogP contribution in [0.15, 0.2) is 46.3 Å². The summed E-state index contributed by atoms with van der Waals surface area (Å²) in [5.74, 6) is -1.92. The number of rotatable bonds is 12. The molecule has 2 heterocycles. The van der Waals surface area contributed by atoms with Gasteiger partial charge in [-0.1, -0.05) is 24.3 Å². The minimum absolute atomic E-state index is 0.0278. The third kappa shape index (κ3) is 6.91. The highest BCUT2D eigenvalue weighted by Gasteiger charge is 2.28. The van der Waals surface area contributed by atoms with Crippen molar-refractivity contribution in [3.8, 4) is 0 Å². The molecular weight excluding hydrogens is 534 g/mol. The van der Waals surface area contributed by atoms with Gasteiger partial charge in [0.2, 0.25) is 10.0 Å². The van der Waals surface area contributed by atoms with E-state index < -0.39 is 34.5 Å². The molecule has 2 atom stereocenters. The number of amides is 1. The molecule has 2 aromatic carbocycles. The monoisotopic (exact) mass is 569 g/mol. The molecule has 2 unspecified atom stereocenters. The first-order chi connectivity index (χ1) is 19.1. The van der Waals surface area contributed by atoms with Crippen LogP contribution < -0.4 is 20.7 Å². The number of aromatic nitrogens is 2. The number of carbonyl (C=O) groups excluding carboxylic acids is 1. The molecule has 0 bridgehead atoms. The summed E-state index contributed by atoms with van der Waals surface area (Å²) in [5.41, 5.74) is 2.98. The molecule has 1 amide bonds. The van der Waals surface area contributed by atoms with Gasteiger partial charge in [-0.25, -0.2) is 8.42 Å². The number of aliphatic imine (C=N–C) groups is 1. The Labute approximate surface area is 233 Å². The van der Waals surface area contributed by atoms with Crippen molar-refractivity contribution >= 4 is 39.0 Å². The molecule has 214 valence electrons. The number of aryl methyl sites for hydroxylation is 4. The zero-order valence-corrected chi connectivity index (χ0v) is 23.6. The van der Waals surface area contributed by atoms with Crippen LogP contribution in [0.2, 0.25) is 0 Å². The quantitative estimate of drug-likeness (QED) is 0.203. The van der Waals surface area contributed by atoms with Crippen molar-refractivity contribution < 1.29 is 23.1 Å². The molecule has 0 fully saturated rings. The number of sulfonamides is 1. The summed E-state index contributed by atoms with van der Waals surface area (Å²) in [5, 5.41) is 24.4. The highest BCUT2D eigenvalue weighted by Crippen LogP contribution is 2.22. The Bertz CT molecular complexity index is 1510. The normalized spacial score (nSPS) is 16.2. The van der Waals surface area contributed by atoms with E-state index in [-0.39, 0.29) is 11.2 Å². The van der Waals surface area contributed by atoms with Gasteiger partial charge in [-0.2, -0.15) is 9.82 Å². The van der Waals surface area contributed by atoms with E-state index in [1.165, 1.54) is 0 Å². The summed E-state index contributed by atoms with van der Waals surface area (Å²) in [4.78, 5) is 29.1. The van der Waals surface area contributed by atoms with Crippen LogP contribution in [0.25, 0.3) is 10.9 Å². The van der Waals surface area contributed by atoms with Crippen LogP contribution in [-0.2, 0) is 28.3 Å². The molecule has 1 aliphatic rings. The predicted octanol–water partition coefficient (Wildman–Crippen LogP) is 1.22. The van der Waals surface area contributed by atoms with Crippen LogP contribution in [0, 0.1) is 13.8 Å². The highest BCUT2D eigenvalue weighted by molar-refractivity contribution is 7.89. The van der Waals surface area contributed by atoms with E-state index in [0.29, 0.717) is 16.7 Å². The molecule has 12 nitrogen and oxygen atoms in total. The van der Waals surface area contributed by atoms with E-state index in [9.17, 15) is 23.1 Å². The summed E-state index contributed by atoms with van der Waals surface area (Å²) < 4.78 is 29.8. The van der Waals surface area contributed by atoms with Gasteiger partial charge in [-0.15, -0.1) is 0 Å². The molecule has 1 aromatic heterocycles. The molecule has 40 heavy (non-hydrogen) atoms. The van der Waals surface area contributed by atoms with E-state index in [0.717, 1.165) is 48.9 Å². The number of hydrogen-bond acceptors (Lipinski definition) is 8. The second kappa shape index (κ2) is 12.7. The highest BCUT2D eigenvalue weighted by atomic mass is 32.2. The Morgan fingerprint density at radius 3 is 2.62 bits per heavy atom. The van der Waals surface area contributed by atoms with Crippen LogP contribution in [0.3, 0.4) is 0 Å². The van der Waals surface area contributed by atoms with Crippen LogP contribution >= 0.6 is 0 Å². The topological polar surface area (TPSA) is 167 Å². The van der Waals surface area contributed by atoms with Crippen molar-refractivity contribution in [3.05, 3.63) is 58.8 Å². The molecule has 0 radical (unpaired) electrons. The molecular formula is C27H35N7O5S. The number of fused-ring (bicyclic) bond motifs is 1. The van der Waals surface area contributed by atoms with E-state index in [1.807, 2.05) is 12.3 Å². The van der Waals surface area contributed by atoms with Crippen molar-refractivity contribution in [1.29, 1.82) is 0 Å². The number of carbonyl (C=O) groups is 2. The van der Waals surface area contributed by atoms with Gasteiger partial charge in [0.25, 0.3) is 5.91 Å². The summed E-state index contributed by atoms with van der Waals surface area (Å²) in [7, 11) is -2.33. The van der Waals surface area contributed by atoms with Crippen molar-refractivity contribution in [2.24, 2.45) is 12.0 Å². The molecule has 4 rings (SSSR count). The maximum atomic E-state index is 13.0. The minimum Gasteiger partial charge on any atom is -0.480 e. The van der Waals surface area contributed by atoms with Crippen molar-refractivity contribution in [3.63, 3.8) is 0 Å². The predicted molar refractivity (Wildman–Crippen MR) is 152 cm³/mol. The average Bonchev–Trinajstić information content (AvgIpc) is 3.23. The molecule has 0 saturated heterocycles. The van der Waals surface area contributed by atoms with E-state index >= 15 is 0 Å². The lowest BCUT2D eigenvalue weighted by Crippen LogP contribution is -2.48. The maximum Gasteiger partial charge on any atom is 0.323 e. The zero-order valence-electron chi connectivity index (χ0n) is 22.8. The Morgan fingerprint density at radius 1 is 1.20 bits per heavy atom. The fourth-order valence-corrected chi connectivity index (χ4v) is 6.40. The largest absolute Gasteiger partial charge is 0.480 e. The second-order valence-electron chi connectivity index (χ2n) is 9.78. The summed E-state index contributed by atoms with van der Waals surface area (Å²) in [6.45, 7) is 4.52. The lowest BCUT2D eigenvalue weighted by Gasteiger charge is -2.18. The van der Waals surface area contributed by atoms with Crippen molar-refractivity contribution in [2.75, 3.05) is 19.6 Å². The van der Waals surface area contributed by atoms with E-state index in [4.69, 9.17) is 0 Å². The smallest absolute Gasteiger partial charge is 0.323 e. The van der Waals surface area contributed by atoms with Gasteiger partial charge < -0.3 is 10.4 Å². The Hall–Kier alpha value is -3.65. The number of nitrogens with zero attached hydrogens (tertiary/aromatic N) is 3. The van der Waals surface area contributed by atoms with Crippen molar-refractivity contribution in [1.82, 2.24) is 30.5 Å². The Morgan fingerprint density at radius 2 is 1.95 bits per heavy atom. The number of hydrogen-bond donors (Lipinski definition) is 5. The molecule has 0 saturated carbocycles. The van der Waals surface area contributed by atoms with Gasteiger partial charge in [0.05, 0.1) is 16.1 Å². The number of aliphatic carboxylic acids is 1. The number of carboxylic acid groups (broad SMARTS) is 1. The van der Waals surface area contributed by atoms with Crippen LogP contribution in [-0.4, -0.2) is 73.4 Å². The lowest BCUT2D eigenvalue weighted by molar-refractivity contribution is -0.138. The molecule has 0 spiro atoms. The van der Waals surface area contributed by atoms with Crippen molar-refractivity contribution in [2.45, 2.75) is 50.3 Å². The first-order valence-electron chi connectivity index (χ1n) is 13.1. The SMILES string of the molecule is Cc1cccc(C)c1S(=O)(=O)NC(CNC(=O)c1ccc2c(CCCNC3N=CCCN3)nn(C)c2c1)C(=O)O. The van der Waals surface area contributed by atoms with Gasteiger partial charge in [0.1, 0.15) is 6.04 Å². The van der Waals surface area contributed by atoms with Crippen LogP contribution in [0.4, 0.5) is 0 Å². The van der Waals surface area contributed by atoms with E-state index in [1.54, 1.807) is 55.9 Å². The molecule has 3 aromatic rings. The maximum absolute atomic E-state index is 13.0. The third-order valence-corrected chi connectivity index (χ3v) is 8.50. The number of nitrogens with one attached hydrogen (secondary N) is 4. The molecule has 5 N–H and O–H groups in total. The summed E-state index contributed by atoms with van der Waals surface area (Å²) in [6, 6.07) is 8.62. The second-order valence-corrected chi connectivity index (χ2v) is 11.4. The fourth-order valence-electron chi connectivity index (χ4n) is 4.74. The van der Waals surface area contributed by atoms with Gasteiger partial charge in [-0.3, -0.25) is 29.9 Å². The lowest BCUT2D eigenvalue weighted by atomic mass is 10.1. The fraction of sp³-hybridized carbons (Fsp3) is 0.407. The number of benzene rings is 2. The van der Waals surface area contributed by atoms with Gasteiger partial charge >= 0.3 is 5.97 Å². The van der Waals surface area contributed by atoms with Crippen LogP contribution in [0.1, 0.15) is 40.0 Å². The first kappa shape index (κ1) is 29.3. The average molecular weight is 570 g/mol. The van der Waals surface area contributed by atoms with E-state index in [2.05, 4.69) is 30.8 Å². The Balaban J connectivity index is 1.38. The minimum atomic E-state index is -4.13. The van der Waals surface area contributed by atoms with Crippen LogP contribution in [0.5, 0.6) is 0 Å². The molecule has 1 aliphatic heterocycles. The molecule has 0 aliphatic carbocycles. The zero-order chi connectivity index (χ0) is 28.9. The summed E-state index contributed by atoms with van der Waals surface area (Å²) >= 11 is 0. The molecule has 13 heteroatoms. The summed E-state index contributed by atoms with van der Waals surface area (Å²) in [6.07, 6.45) is 4.40. The Kier molecular flexibility index (Phi) is 9.30. The van der Waals surface area contributed by atoms with Gasteiger partial charge in [-0.05, 0) is 62.9 Å². The number of carboxylic acids is 1. The first-order valence-corrected chi connectivity index (χ1v) is 14.6. The third-order valence-electron chi connectivity index (χ3n) is 6.72. The standard InChI is InChI=1S/C27H35N7O5S/c1-17-7-4-8-18(2)24(17)40(38,39)33-22(26(36)37)16-31-25(35)19-10-11-20-21(32-34(3)23(20)15-19)9-5-12-28-27-29-13-6-14-30-27/h4,7-8,10-11,13,15,22,27-28,30,33H,5-6,9,12,14,16H2,1-3H3,(H,31,35)(H,36,37). The van der Waals surface area contributed by atoms with Gasteiger partial charge in [0.15, 0.2) is 6.29 Å².